The third kappa shape index (κ3) is 4.16. The molecule has 0 heterocycles. The zero-order valence-corrected chi connectivity index (χ0v) is 11.7. The maximum absolute atomic E-state index is 12.2. The van der Waals surface area contributed by atoms with Crippen LogP contribution in [-0.4, -0.2) is 23.0 Å². The van der Waals surface area contributed by atoms with Gasteiger partial charge in [-0.3, -0.25) is 0 Å². The highest BCUT2D eigenvalue weighted by Crippen LogP contribution is 2.31. The Balaban J connectivity index is 1.86. The number of hydrogen-bond donors (Lipinski definition) is 2. The Bertz CT molecular complexity index is 406. The number of aliphatic hydroxyl groups is 1. The van der Waals surface area contributed by atoms with Crippen LogP contribution in [0.4, 0.5) is 8.78 Å². The summed E-state index contributed by atoms with van der Waals surface area (Å²) in [7, 11) is 0. The lowest BCUT2D eigenvalue weighted by Crippen LogP contribution is -2.46. The monoisotopic (exact) mass is 287 g/mol. The predicted octanol–water partition coefficient (Wildman–Crippen LogP) is 3.57. The molecule has 2 rings (SSSR count). The van der Waals surface area contributed by atoms with E-state index in [0.717, 1.165) is 24.8 Å². The molecule has 1 atom stereocenters. The van der Waals surface area contributed by atoms with E-state index < -0.39 is 11.4 Å². The van der Waals surface area contributed by atoms with Gasteiger partial charge >= 0.3 is 0 Å². The molecule has 1 aliphatic carbocycles. The second-order valence-electron chi connectivity index (χ2n) is 5.13. The molecule has 1 unspecified atom stereocenters. The van der Waals surface area contributed by atoms with Crippen LogP contribution in [0.1, 0.15) is 37.8 Å². The molecule has 2 N–H and O–H groups in total. The van der Waals surface area contributed by atoms with Gasteiger partial charge in [0.2, 0.25) is 0 Å². The molecule has 106 valence electrons. The van der Waals surface area contributed by atoms with E-state index in [1.165, 1.54) is 0 Å². The van der Waals surface area contributed by atoms with Crippen LogP contribution in [-0.2, 0) is 0 Å². The zero-order chi connectivity index (χ0) is 13.9. The predicted molar refractivity (Wildman–Crippen MR) is 73.5 cm³/mol. The summed E-state index contributed by atoms with van der Waals surface area (Å²) >= 11 is 0.555. The fourth-order valence-corrected chi connectivity index (χ4v) is 2.66. The Morgan fingerprint density at radius 1 is 1.32 bits per heavy atom. The van der Waals surface area contributed by atoms with Gasteiger partial charge in [0.1, 0.15) is 0 Å². The smallest absolute Gasteiger partial charge is 0.288 e. The quantitative estimate of drug-likeness (QED) is 0.785. The van der Waals surface area contributed by atoms with E-state index in [9.17, 15) is 13.9 Å². The van der Waals surface area contributed by atoms with Gasteiger partial charge in [-0.15, -0.1) is 0 Å². The molecule has 0 aromatic heterocycles. The van der Waals surface area contributed by atoms with Crippen molar-refractivity contribution in [3.63, 3.8) is 0 Å². The van der Waals surface area contributed by atoms with Crippen LogP contribution in [0, 0.1) is 0 Å². The van der Waals surface area contributed by atoms with Gasteiger partial charge in [0, 0.05) is 17.5 Å². The summed E-state index contributed by atoms with van der Waals surface area (Å²) in [5, 5.41) is 13.3. The summed E-state index contributed by atoms with van der Waals surface area (Å²) in [6.45, 7) is 2.60. The molecule has 0 saturated heterocycles. The minimum absolute atomic E-state index is 0.107. The molecular formula is C14H19F2NOS. The molecule has 1 saturated carbocycles. The molecule has 0 bridgehead atoms. The average Bonchev–Trinajstić information content (AvgIpc) is 2.34. The Kier molecular flexibility index (Phi) is 4.81. The lowest BCUT2D eigenvalue weighted by molar-refractivity contribution is -0.0329. The molecule has 19 heavy (non-hydrogen) atoms. The maximum Gasteiger partial charge on any atom is 0.288 e. The summed E-state index contributed by atoms with van der Waals surface area (Å²) < 4.78 is 24.4. The highest BCUT2D eigenvalue weighted by molar-refractivity contribution is 7.99. The van der Waals surface area contributed by atoms with Gasteiger partial charge in [0.15, 0.2) is 0 Å². The summed E-state index contributed by atoms with van der Waals surface area (Å²) in [6.07, 6.45) is 2.81. The largest absolute Gasteiger partial charge is 0.389 e. The first-order chi connectivity index (χ1) is 8.98. The van der Waals surface area contributed by atoms with Crippen molar-refractivity contribution in [2.24, 2.45) is 0 Å². The number of halogens is 2. The van der Waals surface area contributed by atoms with E-state index in [1.807, 2.05) is 19.1 Å². The molecule has 0 aliphatic heterocycles. The third-order valence-corrected chi connectivity index (χ3v) is 4.35. The minimum Gasteiger partial charge on any atom is -0.389 e. The average molecular weight is 287 g/mol. The van der Waals surface area contributed by atoms with Crippen molar-refractivity contribution in [2.75, 3.05) is 6.54 Å². The molecule has 1 aromatic carbocycles. The first kappa shape index (κ1) is 14.8. The number of rotatable bonds is 6. The molecule has 0 spiro atoms. The van der Waals surface area contributed by atoms with Gasteiger partial charge < -0.3 is 10.4 Å². The Morgan fingerprint density at radius 3 is 2.42 bits per heavy atom. The van der Waals surface area contributed by atoms with E-state index in [4.69, 9.17) is 0 Å². The molecule has 1 fully saturated rings. The fraction of sp³-hybridized carbons (Fsp3) is 0.571. The van der Waals surface area contributed by atoms with Crippen LogP contribution in [0.2, 0.25) is 0 Å². The van der Waals surface area contributed by atoms with E-state index in [0.29, 0.717) is 23.2 Å². The first-order valence-corrected chi connectivity index (χ1v) is 7.37. The highest BCUT2D eigenvalue weighted by Gasteiger charge is 2.34. The fourth-order valence-electron chi connectivity index (χ4n) is 2.16. The Morgan fingerprint density at radius 2 is 1.95 bits per heavy atom. The summed E-state index contributed by atoms with van der Waals surface area (Å²) in [4.78, 5) is 0.573. The van der Waals surface area contributed by atoms with Crippen LogP contribution >= 0.6 is 11.8 Å². The standard InChI is InChI=1S/C14H19F2NOS/c1-10(17-9-14(18)7-2-8-14)11-3-5-12(6-4-11)19-13(15)16/h3-6,10,13,17-18H,2,7-9H2,1H3. The zero-order valence-electron chi connectivity index (χ0n) is 10.9. The van der Waals surface area contributed by atoms with Crippen molar-refractivity contribution in [3.8, 4) is 0 Å². The van der Waals surface area contributed by atoms with Gasteiger partial charge in [0.05, 0.1) is 5.60 Å². The van der Waals surface area contributed by atoms with Crippen molar-refractivity contribution >= 4 is 11.8 Å². The van der Waals surface area contributed by atoms with Crippen LogP contribution < -0.4 is 5.32 Å². The van der Waals surface area contributed by atoms with E-state index in [1.54, 1.807) is 12.1 Å². The first-order valence-electron chi connectivity index (χ1n) is 6.49. The van der Waals surface area contributed by atoms with Crippen molar-refractivity contribution in [2.45, 2.75) is 48.5 Å². The molecular weight excluding hydrogens is 268 g/mol. The second kappa shape index (κ2) is 6.20. The Labute approximate surface area is 116 Å². The molecule has 0 amide bonds. The van der Waals surface area contributed by atoms with E-state index in [-0.39, 0.29) is 6.04 Å². The van der Waals surface area contributed by atoms with E-state index in [2.05, 4.69) is 5.32 Å². The number of alkyl halides is 2. The number of benzene rings is 1. The molecule has 2 nitrogen and oxygen atoms in total. The summed E-state index contributed by atoms with van der Waals surface area (Å²) in [5.74, 6) is -2.38. The van der Waals surface area contributed by atoms with Crippen LogP contribution in [0.15, 0.2) is 29.2 Å². The van der Waals surface area contributed by atoms with Gasteiger partial charge in [-0.1, -0.05) is 23.9 Å². The lowest BCUT2D eigenvalue weighted by atomic mass is 9.80. The van der Waals surface area contributed by atoms with Gasteiger partial charge in [-0.2, -0.15) is 8.78 Å². The van der Waals surface area contributed by atoms with Crippen molar-refractivity contribution in [1.29, 1.82) is 0 Å². The van der Waals surface area contributed by atoms with Crippen LogP contribution in [0.5, 0.6) is 0 Å². The Hall–Kier alpha value is -0.650. The maximum atomic E-state index is 12.2. The van der Waals surface area contributed by atoms with Crippen molar-refractivity contribution < 1.29 is 13.9 Å². The van der Waals surface area contributed by atoms with Gasteiger partial charge in [-0.25, -0.2) is 0 Å². The molecule has 0 radical (unpaired) electrons. The van der Waals surface area contributed by atoms with Crippen LogP contribution in [0.3, 0.4) is 0 Å². The number of nitrogens with one attached hydrogen (secondary N) is 1. The summed E-state index contributed by atoms with van der Waals surface area (Å²) in [6, 6.07) is 7.24. The van der Waals surface area contributed by atoms with Gasteiger partial charge in [-0.05, 0) is 43.9 Å². The van der Waals surface area contributed by atoms with Gasteiger partial charge in [0.25, 0.3) is 5.76 Å². The molecule has 5 heteroatoms. The number of hydrogen-bond acceptors (Lipinski definition) is 3. The minimum atomic E-state index is -2.38. The lowest BCUT2D eigenvalue weighted by Gasteiger charge is -2.37. The third-order valence-electron chi connectivity index (χ3n) is 3.63. The SMILES string of the molecule is CC(NCC1(O)CCC1)c1ccc(SC(F)F)cc1. The molecule has 1 aliphatic rings. The second-order valence-corrected chi connectivity index (χ2v) is 6.19. The highest BCUT2D eigenvalue weighted by atomic mass is 32.2. The van der Waals surface area contributed by atoms with Crippen molar-refractivity contribution in [1.82, 2.24) is 5.32 Å². The summed E-state index contributed by atoms with van der Waals surface area (Å²) in [5.41, 5.74) is 0.501. The van der Waals surface area contributed by atoms with Crippen LogP contribution in [0.25, 0.3) is 0 Å². The number of thioether (sulfide) groups is 1. The van der Waals surface area contributed by atoms with E-state index >= 15 is 0 Å². The van der Waals surface area contributed by atoms with Crippen molar-refractivity contribution in [3.05, 3.63) is 29.8 Å². The molecule has 1 aromatic rings. The normalized spacial score (nSPS) is 19.2. The topological polar surface area (TPSA) is 32.3 Å².